The summed E-state index contributed by atoms with van der Waals surface area (Å²) in [5.41, 5.74) is 0.345. The minimum Gasteiger partial charge on any atom is -0.366 e. The summed E-state index contributed by atoms with van der Waals surface area (Å²) in [5.74, 6) is 0. The Morgan fingerprint density at radius 3 is 2.78 bits per heavy atom. The van der Waals surface area contributed by atoms with Gasteiger partial charge >= 0.3 is 0 Å². The van der Waals surface area contributed by atoms with Crippen molar-refractivity contribution in [1.82, 2.24) is 5.32 Å². The van der Waals surface area contributed by atoms with Crippen LogP contribution in [0, 0.1) is 0 Å². The maximum atomic E-state index is 5.16. The zero-order chi connectivity index (χ0) is 6.74. The Kier molecular flexibility index (Phi) is 2.09. The van der Waals surface area contributed by atoms with Crippen LogP contribution in [0.25, 0.3) is 0 Å². The largest absolute Gasteiger partial charge is 0.366 e. The van der Waals surface area contributed by atoms with Crippen molar-refractivity contribution in [3.8, 4) is 0 Å². The summed E-state index contributed by atoms with van der Waals surface area (Å²) in [6.45, 7) is 6.09. The summed E-state index contributed by atoms with van der Waals surface area (Å²) in [7, 11) is 0. The van der Waals surface area contributed by atoms with Gasteiger partial charge in [-0.3, -0.25) is 5.32 Å². The van der Waals surface area contributed by atoms with Gasteiger partial charge in [0.25, 0.3) is 0 Å². The zero-order valence-corrected chi connectivity index (χ0v) is 6.24. The van der Waals surface area contributed by atoms with Crippen molar-refractivity contribution in [2.75, 3.05) is 13.3 Å². The molecule has 0 amide bonds. The molecular formula is C7H15NO. The molecule has 0 aromatic heterocycles. The first kappa shape index (κ1) is 7.03. The topological polar surface area (TPSA) is 21.3 Å². The highest BCUT2D eigenvalue weighted by Gasteiger charge is 2.23. The van der Waals surface area contributed by atoms with Crippen LogP contribution in [-0.4, -0.2) is 18.9 Å². The molecule has 9 heavy (non-hydrogen) atoms. The Bertz CT molecular complexity index is 86.9. The quantitative estimate of drug-likeness (QED) is 0.573. The second kappa shape index (κ2) is 2.67. The van der Waals surface area contributed by atoms with Gasteiger partial charge in [0.2, 0.25) is 0 Å². The van der Waals surface area contributed by atoms with Crippen LogP contribution in [0.2, 0.25) is 0 Å². The van der Waals surface area contributed by atoms with Gasteiger partial charge in [0.1, 0.15) is 0 Å². The molecule has 0 spiro atoms. The Morgan fingerprint density at radius 2 is 2.44 bits per heavy atom. The first-order valence-corrected chi connectivity index (χ1v) is 3.60. The molecule has 1 aliphatic heterocycles. The summed E-state index contributed by atoms with van der Waals surface area (Å²) in [4.78, 5) is 0. The number of hydrogen-bond donors (Lipinski definition) is 1. The van der Waals surface area contributed by atoms with Crippen molar-refractivity contribution in [3.63, 3.8) is 0 Å². The molecule has 1 heterocycles. The molecule has 0 aliphatic carbocycles. The van der Waals surface area contributed by atoms with Crippen molar-refractivity contribution in [1.29, 1.82) is 0 Å². The Morgan fingerprint density at radius 1 is 1.67 bits per heavy atom. The van der Waals surface area contributed by atoms with E-state index in [2.05, 4.69) is 19.2 Å². The fourth-order valence-electron chi connectivity index (χ4n) is 0.985. The second-order valence-corrected chi connectivity index (χ2v) is 2.89. The van der Waals surface area contributed by atoms with Crippen LogP contribution in [-0.2, 0) is 4.74 Å². The van der Waals surface area contributed by atoms with Gasteiger partial charge in [-0.15, -0.1) is 0 Å². The van der Waals surface area contributed by atoms with Gasteiger partial charge in [-0.1, -0.05) is 6.92 Å². The molecule has 2 nitrogen and oxygen atoms in total. The number of nitrogens with one attached hydrogen (secondary N) is 1. The summed E-state index contributed by atoms with van der Waals surface area (Å²) in [5, 5.41) is 3.32. The Hall–Kier alpha value is -0.0800. The van der Waals surface area contributed by atoms with E-state index in [0.717, 1.165) is 19.8 Å². The first-order chi connectivity index (χ1) is 4.27. The average molecular weight is 129 g/mol. The molecule has 1 aliphatic rings. The van der Waals surface area contributed by atoms with Crippen LogP contribution in [0.15, 0.2) is 0 Å². The van der Waals surface area contributed by atoms with E-state index >= 15 is 0 Å². The van der Waals surface area contributed by atoms with Gasteiger partial charge < -0.3 is 4.74 Å². The minimum absolute atomic E-state index is 0.345. The molecule has 1 N–H and O–H groups in total. The molecule has 0 saturated carbocycles. The lowest BCUT2D eigenvalue weighted by Crippen LogP contribution is -2.47. The molecule has 1 atom stereocenters. The summed E-state index contributed by atoms with van der Waals surface area (Å²) < 4.78 is 5.16. The van der Waals surface area contributed by atoms with E-state index in [-0.39, 0.29) is 0 Å². The van der Waals surface area contributed by atoms with Crippen LogP contribution >= 0.6 is 0 Å². The molecule has 1 saturated heterocycles. The Labute approximate surface area is 56.6 Å². The third-order valence-corrected chi connectivity index (χ3v) is 2.18. The van der Waals surface area contributed by atoms with Crippen molar-refractivity contribution >= 4 is 0 Å². The highest BCUT2D eigenvalue weighted by molar-refractivity contribution is 4.81. The maximum Gasteiger partial charge on any atom is 0.0969 e. The van der Waals surface area contributed by atoms with E-state index in [0.29, 0.717) is 5.54 Å². The molecule has 1 fully saturated rings. The normalized spacial score (nSPS) is 36.7. The monoisotopic (exact) mass is 129 g/mol. The minimum atomic E-state index is 0.345. The summed E-state index contributed by atoms with van der Waals surface area (Å²) >= 11 is 0. The smallest absolute Gasteiger partial charge is 0.0969 e. The summed E-state index contributed by atoms with van der Waals surface area (Å²) in [6.07, 6.45) is 2.33. The predicted molar refractivity (Wildman–Crippen MR) is 37.3 cm³/mol. The van der Waals surface area contributed by atoms with Crippen LogP contribution in [0.5, 0.6) is 0 Å². The van der Waals surface area contributed by atoms with Crippen LogP contribution < -0.4 is 5.32 Å². The fourth-order valence-corrected chi connectivity index (χ4v) is 0.985. The van der Waals surface area contributed by atoms with Gasteiger partial charge in [0.05, 0.1) is 13.3 Å². The van der Waals surface area contributed by atoms with Crippen LogP contribution in [0.4, 0.5) is 0 Å². The SMILES string of the molecule is CCC1(C)CCOCN1. The van der Waals surface area contributed by atoms with Gasteiger partial charge in [-0.25, -0.2) is 0 Å². The highest BCUT2D eigenvalue weighted by Crippen LogP contribution is 2.16. The lowest BCUT2D eigenvalue weighted by atomic mass is 9.95. The lowest BCUT2D eigenvalue weighted by Gasteiger charge is -2.33. The van der Waals surface area contributed by atoms with Crippen LogP contribution in [0.3, 0.4) is 0 Å². The van der Waals surface area contributed by atoms with E-state index in [4.69, 9.17) is 4.74 Å². The van der Waals surface area contributed by atoms with Crippen molar-refractivity contribution in [2.24, 2.45) is 0 Å². The molecule has 0 aromatic rings. The Balaban J connectivity index is 2.37. The molecule has 0 aromatic carbocycles. The van der Waals surface area contributed by atoms with E-state index in [9.17, 15) is 0 Å². The van der Waals surface area contributed by atoms with E-state index < -0.39 is 0 Å². The molecular weight excluding hydrogens is 114 g/mol. The van der Waals surface area contributed by atoms with E-state index in [1.807, 2.05) is 0 Å². The van der Waals surface area contributed by atoms with Gasteiger partial charge in [-0.05, 0) is 19.8 Å². The summed E-state index contributed by atoms with van der Waals surface area (Å²) in [6, 6.07) is 0. The third kappa shape index (κ3) is 1.66. The van der Waals surface area contributed by atoms with Gasteiger partial charge in [-0.2, -0.15) is 0 Å². The fraction of sp³-hybridized carbons (Fsp3) is 1.00. The van der Waals surface area contributed by atoms with Gasteiger partial charge in [0.15, 0.2) is 0 Å². The van der Waals surface area contributed by atoms with Crippen molar-refractivity contribution in [2.45, 2.75) is 32.2 Å². The maximum absolute atomic E-state index is 5.16. The highest BCUT2D eigenvalue weighted by atomic mass is 16.5. The molecule has 0 bridgehead atoms. The van der Waals surface area contributed by atoms with Gasteiger partial charge in [0, 0.05) is 5.54 Å². The third-order valence-electron chi connectivity index (χ3n) is 2.18. The molecule has 0 radical (unpaired) electrons. The first-order valence-electron chi connectivity index (χ1n) is 3.60. The van der Waals surface area contributed by atoms with E-state index in [1.54, 1.807) is 0 Å². The van der Waals surface area contributed by atoms with Crippen LogP contribution in [0.1, 0.15) is 26.7 Å². The average Bonchev–Trinajstić information content (AvgIpc) is 1.90. The molecule has 2 heteroatoms. The molecule has 1 rings (SSSR count). The molecule has 54 valence electrons. The zero-order valence-electron chi connectivity index (χ0n) is 6.24. The predicted octanol–water partition coefficient (Wildman–Crippen LogP) is 1.12. The second-order valence-electron chi connectivity index (χ2n) is 2.89. The number of hydrogen-bond acceptors (Lipinski definition) is 2. The number of rotatable bonds is 1. The number of ether oxygens (including phenoxy) is 1. The van der Waals surface area contributed by atoms with Crippen molar-refractivity contribution < 1.29 is 4.74 Å². The molecule has 1 unspecified atom stereocenters. The van der Waals surface area contributed by atoms with Crippen molar-refractivity contribution in [3.05, 3.63) is 0 Å². The lowest BCUT2D eigenvalue weighted by molar-refractivity contribution is 0.0281. The standard InChI is InChI=1S/C7H15NO/c1-3-7(2)4-5-9-6-8-7/h8H,3-6H2,1-2H3. The van der Waals surface area contributed by atoms with E-state index in [1.165, 1.54) is 6.42 Å².